The number of carboxylic acids is 1. The zero-order valence-electron chi connectivity index (χ0n) is 11.9. The zero-order valence-corrected chi connectivity index (χ0v) is 11.9. The summed E-state index contributed by atoms with van der Waals surface area (Å²) >= 11 is 0. The third-order valence-corrected chi connectivity index (χ3v) is 2.97. The molecule has 0 spiro atoms. The Bertz CT molecular complexity index is 404. The maximum Gasteiger partial charge on any atom is 0.304 e. The summed E-state index contributed by atoms with van der Waals surface area (Å²) in [4.78, 5) is 12.4. The van der Waals surface area contributed by atoms with Crippen molar-refractivity contribution >= 4 is 5.97 Å². The van der Waals surface area contributed by atoms with E-state index in [9.17, 15) is 4.79 Å². The minimum atomic E-state index is -0.766. The van der Waals surface area contributed by atoms with E-state index in [0.29, 0.717) is 19.1 Å². The van der Waals surface area contributed by atoms with E-state index >= 15 is 0 Å². The van der Waals surface area contributed by atoms with Crippen molar-refractivity contribution in [3.8, 4) is 5.75 Å². The van der Waals surface area contributed by atoms with E-state index < -0.39 is 5.97 Å². The molecular formula is C15H23NO3. The molecule has 0 fully saturated rings. The minimum absolute atomic E-state index is 0.166. The minimum Gasteiger partial charge on any atom is -0.492 e. The molecule has 0 aliphatic carbocycles. The summed E-state index contributed by atoms with van der Waals surface area (Å²) in [5.74, 6) is 0.594. The van der Waals surface area contributed by atoms with Crippen LogP contribution in [0.4, 0.5) is 0 Å². The quantitative estimate of drug-likeness (QED) is 0.785. The van der Waals surface area contributed by atoms with Crippen LogP contribution in [0.1, 0.15) is 31.7 Å². The lowest BCUT2D eigenvalue weighted by molar-refractivity contribution is -0.137. The Morgan fingerprint density at radius 1 is 1.37 bits per heavy atom. The molecule has 1 aromatic carbocycles. The summed E-state index contributed by atoms with van der Waals surface area (Å²) in [6, 6.07) is 8.10. The third-order valence-electron chi connectivity index (χ3n) is 2.97. The monoisotopic (exact) mass is 265 g/mol. The first-order chi connectivity index (χ1) is 8.99. The molecule has 4 nitrogen and oxygen atoms in total. The van der Waals surface area contributed by atoms with Crippen molar-refractivity contribution in [3.05, 3.63) is 29.8 Å². The van der Waals surface area contributed by atoms with Crippen LogP contribution in [0.3, 0.4) is 0 Å². The average Bonchev–Trinajstić information content (AvgIpc) is 2.36. The number of hydrogen-bond acceptors (Lipinski definition) is 3. The number of rotatable bonds is 8. The SMILES string of the molecule is CC(C)c1cccc(OCCN(C)CCC(=O)O)c1. The van der Waals surface area contributed by atoms with E-state index in [2.05, 4.69) is 26.0 Å². The Hall–Kier alpha value is -1.55. The maximum absolute atomic E-state index is 10.4. The zero-order chi connectivity index (χ0) is 14.3. The van der Waals surface area contributed by atoms with Gasteiger partial charge in [0.1, 0.15) is 12.4 Å². The van der Waals surface area contributed by atoms with Gasteiger partial charge in [-0.1, -0.05) is 26.0 Å². The molecule has 1 aromatic rings. The van der Waals surface area contributed by atoms with Crippen LogP contribution in [0.15, 0.2) is 24.3 Å². The molecule has 0 radical (unpaired) electrons. The highest BCUT2D eigenvalue weighted by atomic mass is 16.5. The second-order valence-electron chi connectivity index (χ2n) is 5.02. The summed E-state index contributed by atoms with van der Waals surface area (Å²) in [5.41, 5.74) is 1.26. The highest BCUT2D eigenvalue weighted by molar-refractivity contribution is 5.66. The van der Waals surface area contributed by atoms with Gasteiger partial charge in [0.25, 0.3) is 0 Å². The molecule has 1 N–H and O–H groups in total. The molecule has 0 amide bonds. The second-order valence-corrected chi connectivity index (χ2v) is 5.02. The molecule has 0 aliphatic heterocycles. The normalized spacial score (nSPS) is 11.0. The van der Waals surface area contributed by atoms with Gasteiger partial charge in [0.05, 0.1) is 6.42 Å². The molecule has 0 aromatic heterocycles. The van der Waals surface area contributed by atoms with E-state index in [-0.39, 0.29) is 6.42 Å². The number of nitrogens with zero attached hydrogens (tertiary/aromatic N) is 1. The highest BCUT2D eigenvalue weighted by Crippen LogP contribution is 2.19. The van der Waals surface area contributed by atoms with E-state index in [1.54, 1.807) is 0 Å². The van der Waals surface area contributed by atoms with Crippen LogP contribution in [0.25, 0.3) is 0 Å². The number of likely N-dealkylation sites (N-methyl/N-ethyl adjacent to an activating group) is 1. The standard InChI is InChI=1S/C15H23NO3/c1-12(2)13-5-4-6-14(11-13)19-10-9-16(3)8-7-15(17)18/h4-6,11-12H,7-10H2,1-3H3,(H,17,18). The van der Waals surface area contributed by atoms with Gasteiger partial charge in [0.2, 0.25) is 0 Å². The Morgan fingerprint density at radius 2 is 2.11 bits per heavy atom. The summed E-state index contributed by atoms with van der Waals surface area (Å²) < 4.78 is 5.69. The maximum atomic E-state index is 10.4. The first-order valence-electron chi connectivity index (χ1n) is 6.62. The van der Waals surface area contributed by atoms with E-state index in [0.717, 1.165) is 12.3 Å². The first-order valence-corrected chi connectivity index (χ1v) is 6.62. The summed E-state index contributed by atoms with van der Waals surface area (Å²) in [6.07, 6.45) is 0.166. The fourth-order valence-electron chi connectivity index (χ4n) is 1.68. The lowest BCUT2D eigenvalue weighted by Gasteiger charge is -2.16. The van der Waals surface area contributed by atoms with Gasteiger partial charge in [-0.15, -0.1) is 0 Å². The molecular weight excluding hydrogens is 242 g/mol. The molecule has 0 atom stereocenters. The molecule has 0 aliphatic rings. The molecule has 4 heteroatoms. The van der Waals surface area contributed by atoms with Crippen molar-refractivity contribution in [1.29, 1.82) is 0 Å². The molecule has 106 valence electrons. The van der Waals surface area contributed by atoms with Gasteiger partial charge in [-0.05, 0) is 30.7 Å². The van der Waals surface area contributed by atoms with Gasteiger partial charge in [0.15, 0.2) is 0 Å². The van der Waals surface area contributed by atoms with Crippen LogP contribution in [-0.2, 0) is 4.79 Å². The van der Waals surface area contributed by atoms with Gasteiger partial charge in [-0.3, -0.25) is 4.79 Å². The predicted octanol–water partition coefficient (Wildman–Crippen LogP) is 2.60. The number of hydrogen-bond donors (Lipinski definition) is 1. The van der Waals surface area contributed by atoms with Crippen LogP contribution in [0.5, 0.6) is 5.75 Å². The number of aliphatic carboxylic acids is 1. The van der Waals surface area contributed by atoms with E-state index in [1.807, 2.05) is 24.1 Å². The van der Waals surface area contributed by atoms with Crippen molar-refractivity contribution in [2.24, 2.45) is 0 Å². The van der Waals surface area contributed by atoms with Gasteiger partial charge in [-0.25, -0.2) is 0 Å². The lowest BCUT2D eigenvalue weighted by atomic mass is 10.0. The summed E-state index contributed by atoms with van der Waals surface area (Å²) in [7, 11) is 1.90. The van der Waals surface area contributed by atoms with Crippen LogP contribution >= 0.6 is 0 Å². The molecule has 0 heterocycles. The van der Waals surface area contributed by atoms with Crippen molar-refractivity contribution in [2.75, 3.05) is 26.7 Å². The Kier molecular flexibility index (Phi) is 6.36. The van der Waals surface area contributed by atoms with E-state index in [4.69, 9.17) is 9.84 Å². The third kappa shape index (κ3) is 6.25. The summed E-state index contributed by atoms with van der Waals surface area (Å²) in [5, 5.41) is 8.59. The number of carbonyl (C=O) groups is 1. The van der Waals surface area contributed by atoms with Crippen molar-refractivity contribution in [1.82, 2.24) is 4.90 Å². The Balaban J connectivity index is 2.32. The average molecular weight is 265 g/mol. The van der Waals surface area contributed by atoms with Gasteiger partial charge in [-0.2, -0.15) is 0 Å². The molecule has 0 bridgehead atoms. The highest BCUT2D eigenvalue weighted by Gasteiger charge is 2.04. The van der Waals surface area contributed by atoms with Crippen LogP contribution in [0, 0.1) is 0 Å². The van der Waals surface area contributed by atoms with Crippen LogP contribution in [-0.4, -0.2) is 42.7 Å². The van der Waals surface area contributed by atoms with Crippen molar-refractivity contribution in [3.63, 3.8) is 0 Å². The molecule has 1 rings (SSSR count). The first kappa shape index (κ1) is 15.5. The van der Waals surface area contributed by atoms with Crippen molar-refractivity contribution in [2.45, 2.75) is 26.2 Å². The lowest BCUT2D eigenvalue weighted by Crippen LogP contribution is -2.26. The Labute approximate surface area is 115 Å². The Morgan fingerprint density at radius 3 is 2.74 bits per heavy atom. The second kappa shape index (κ2) is 7.79. The molecule has 0 saturated heterocycles. The molecule has 0 saturated carbocycles. The molecule has 0 unspecified atom stereocenters. The summed E-state index contributed by atoms with van der Waals surface area (Å²) in [6.45, 7) is 6.14. The van der Waals surface area contributed by atoms with Crippen LogP contribution in [0.2, 0.25) is 0 Å². The van der Waals surface area contributed by atoms with E-state index in [1.165, 1.54) is 5.56 Å². The number of benzene rings is 1. The van der Waals surface area contributed by atoms with Gasteiger partial charge < -0.3 is 14.7 Å². The fraction of sp³-hybridized carbons (Fsp3) is 0.533. The van der Waals surface area contributed by atoms with Gasteiger partial charge in [0, 0.05) is 13.1 Å². The van der Waals surface area contributed by atoms with Crippen LogP contribution < -0.4 is 4.74 Å². The fourth-order valence-corrected chi connectivity index (χ4v) is 1.68. The number of ether oxygens (including phenoxy) is 1. The van der Waals surface area contributed by atoms with Gasteiger partial charge >= 0.3 is 5.97 Å². The smallest absolute Gasteiger partial charge is 0.304 e. The van der Waals surface area contributed by atoms with Crippen molar-refractivity contribution < 1.29 is 14.6 Å². The molecule has 19 heavy (non-hydrogen) atoms. The largest absolute Gasteiger partial charge is 0.492 e. The topological polar surface area (TPSA) is 49.8 Å². The predicted molar refractivity (Wildman–Crippen MR) is 75.8 cm³/mol. The number of carboxylic acid groups (broad SMARTS) is 1.